The average Bonchev–Trinajstić information content (AvgIpc) is 2.47. The first-order valence-corrected chi connectivity index (χ1v) is 6.52. The van der Waals surface area contributed by atoms with Gasteiger partial charge in [0.2, 0.25) is 5.88 Å². The van der Waals surface area contributed by atoms with Crippen LogP contribution in [0.3, 0.4) is 0 Å². The van der Waals surface area contributed by atoms with Gasteiger partial charge in [-0.1, -0.05) is 6.07 Å². The standard InChI is InChI=1S/C14H20N2O3/c1-18-13-11(5-3-7-15-13)9-16-8-4-6-12(10-16)14(17)19-2/h3,5,7,12H,4,6,8-10H2,1-2H3. The first-order valence-electron chi connectivity index (χ1n) is 6.52. The van der Waals surface area contributed by atoms with Crippen LogP contribution < -0.4 is 4.74 Å². The van der Waals surface area contributed by atoms with E-state index in [1.54, 1.807) is 13.3 Å². The Hall–Kier alpha value is -1.62. The Morgan fingerprint density at radius 3 is 3.11 bits per heavy atom. The van der Waals surface area contributed by atoms with Crippen LogP contribution in [0.1, 0.15) is 18.4 Å². The molecule has 5 nitrogen and oxygen atoms in total. The number of likely N-dealkylation sites (tertiary alicyclic amines) is 1. The van der Waals surface area contributed by atoms with Crippen LogP contribution in [0.15, 0.2) is 18.3 Å². The smallest absolute Gasteiger partial charge is 0.309 e. The van der Waals surface area contributed by atoms with Crippen molar-refractivity contribution >= 4 is 5.97 Å². The topological polar surface area (TPSA) is 51.7 Å². The number of hydrogen-bond acceptors (Lipinski definition) is 5. The van der Waals surface area contributed by atoms with Crippen LogP contribution in [0.25, 0.3) is 0 Å². The van der Waals surface area contributed by atoms with Crippen molar-refractivity contribution in [1.29, 1.82) is 0 Å². The summed E-state index contributed by atoms with van der Waals surface area (Å²) in [5, 5.41) is 0. The van der Waals surface area contributed by atoms with Gasteiger partial charge in [-0.3, -0.25) is 9.69 Å². The molecular formula is C14H20N2O3. The fourth-order valence-corrected chi connectivity index (χ4v) is 2.53. The molecule has 0 aliphatic carbocycles. The zero-order valence-electron chi connectivity index (χ0n) is 11.5. The van der Waals surface area contributed by atoms with Crippen LogP contribution in [0.5, 0.6) is 5.88 Å². The van der Waals surface area contributed by atoms with Crippen LogP contribution in [0.4, 0.5) is 0 Å². The van der Waals surface area contributed by atoms with Gasteiger partial charge in [-0.2, -0.15) is 0 Å². The molecule has 0 radical (unpaired) electrons. The lowest BCUT2D eigenvalue weighted by molar-refractivity contribution is -0.147. The highest BCUT2D eigenvalue weighted by atomic mass is 16.5. The van der Waals surface area contributed by atoms with Gasteiger partial charge >= 0.3 is 5.97 Å². The fourth-order valence-electron chi connectivity index (χ4n) is 2.53. The maximum Gasteiger partial charge on any atom is 0.309 e. The molecule has 0 bridgehead atoms. The Morgan fingerprint density at radius 2 is 2.37 bits per heavy atom. The van der Waals surface area contributed by atoms with Crippen molar-refractivity contribution in [2.45, 2.75) is 19.4 Å². The molecule has 0 N–H and O–H groups in total. The van der Waals surface area contributed by atoms with Crippen molar-refractivity contribution in [1.82, 2.24) is 9.88 Å². The average molecular weight is 264 g/mol. The van der Waals surface area contributed by atoms with Crippen LogP contribution in [-0.2, 0) is 16.1 Å². The van der Waals surface area contributed by atoms with Crippen LogP contribution >= 0.6 is 0 Å². The van der Waals surface area contributed by atoms with Gasteiger partial charge in [-0.15, -0.1) is 0 Å². The molecule has 0 saturated carbocycles. The normalized spacial score (nSPS) is 20.0. The number of methoxy groups -OCH3 is 2. The van der Waals surface area contributed by atoms with Gasteiger partial charge in [0.25, 0.3) is 0 Å². The van der Waals surface area contributed by atoms with E-state index < -0.39 is 0 Å². The zero-order valence-corrected chi connectivity index (χ0v) is 11.5. The first-order chi connectivity index (χ1) is 9.24. The van der Waals surface area contributed by atoms with Crippen LogP contribution in [-0.4, -0.2) is 43.2 Å². The highest BCUT2D eigenvalue weighted by Crippen LogP contribution is 2.22. The number of rotatable bonds is 4. The van der Waals surface area contributed by atoms with Crippen molar-refractivity contribution in [3.63, 3.8) is 0 Å². The molecule has 1 aliphatic heterocycles. The molecule has 1 aromatic heterocycles. The van der Waals surface area contributed by atoms with E-state index in [1.807, 2.05) is 12.1 Å². The number of piperidine rings is 1. The van der Waals surface area contributed by atoms with Crippen molar-refractivity contribution in [3.05, 3.63) is 23.9 Å². The summed E-state index contributed by atoms with van der Waals surface area (Å²) in [5.41, 5.74) is 1.05. The second-order valence-electron chi connectivity index (χ2n) is 4.77. The Balaban J connectivity index is 2.00. The molecule has 1 saturated heterocycles. The Labute approximate surface area is 113 Å². The molecule has 0 amide bonds. The first kappa shape index (κ1) is 13.8. The Morgan fingerprint density at radius 1 is 1.53 bits per heavy atom. The number of ether oxygens (including phenoxy) is 2. The SMILES string of the molecule is COC(=O)C1CCCN(Cc2cccnc2OC)C1. The van der Waals surface area contributed by atoms with E-state index in [0.717, 1.165) is 38.0 Å². The molecule has 1 fully saturated rings. The summed E-state index contributed by atoms with van der Waals surface area (Å²) in [5.74, 6) is 0.534. The van der Waals surface area contributed by atoms with Gasteiger partial charge in [0.05, 0.1) is 20.1 Å². The largest absolute Gasteiger partial charge is 0.481 e. The van der Waals surface area contributed by atoms with Gasteiger partial charge in [0, 0.05) is 24.8 Å². The number of pyridine rings is 1. The number of carbonyl (C=O) groups excluding carboxylic acids is 1. The zero-order chi connectivity index (χ0) is 13.7. The monoisotopic (exact) mass is 264 g/mol. The summed E-state index contributed by atoms with van der Waals surface area (Å²) in [6.07, 6.45) is 3.64. The molecule has 0 spiro atoms. The van der Waals surface area contributed by atoms with Crippen molar-refractivity contribution in [3.8, 4) is 5.88 Å². The minimum Gasteiger partial charge on any atom is -0.481 e. The number of nitrogens with zero attached hydrogens (tertiary/aromatic N) is 2. The molecule has 2 heterocycles. The third-order valence-electron chi connectivity index (χ3n) is 3.48. The summed E-state index contributed by atoms with van der Waals surface area (Å²) in [6, 6.07) is 3.91. The highest BCUT2D eigenvalue weighted by Gasteiger charge is 2.26. The van der Waals surface area contributed by atoms with Crippen LogP contribution in [0, 0.1) is 5.92 Å². The quantitative estimate of drug-likeness (QED) is 0.771. The second kappa shape index (κ2) is 6.52. The molecule has 1 atom stereocenters. The van der Waals surface area contributed by atoms with Gasteiger partial charge in [0.1, 0.15) is 0 Å². The third-order valence-corrected chi connectivity index (χ3v) is 3.48. The number of carbonyl (C=O) groups is 1. The van der Waals surface area contributed by atoms with E-state index >= 15 is 0 Å². The van der Waals surface area contributed by atoms with Crippen LogP contribution in [0.2, 0.25) is 0 Å². The van der Waals surface area contributed by atoms with Gasteiger partial charge in [-0.25, -0.2) is 4.98 Å². The molecule has 1 unspecified atom stereocenters. The Bertz CT molecular complexity index is 436. The maximum atomic E-state index is 11.6. The molecule has 19 heavy (non-hydrogen) atoms. The highest BCUT2D eigenvalue weighted by molar-refractivity contribution is 5.72. The predicted molar refractivity (Wildman–Crippen MR) is 70.8 cm³/mol. The lowest BCUT2D eigenvalue weighted by atomic mass is 9.98. The van der Waals surface area contributed by atoms with Crippen molar-refractivity contribution in [2.75, 3.05) is 27.3 Å². The maximum absolute atomic E-state index is 11.6. The molecule has 2 rings (SSSR count). The van der Waals surface area contributed by atoms with Gasteiger partial charge in [-0.05, 0) is 25.5 Å². The summed E-state index contributed by atoms with van der Waals surface area (Å²) in [6.45, 7) is 2.49. The molecule has 1 aliphatic rings. The predicted octanol–water partition coefficient (Wildman–Crippen LogP) is 1.48. The molecule has 1 aromatic rings. The Kier molecular flexibility index (Phi) is 4.74. The third kappa shape index (κ3) is 3.44. The van der Waals surface area contributed by atoms with E-state index in [1.165, 1.54) is 7.11 Å². The minimum absolute atomic E-state index is 0.0126. The fraction of sp³-hybridized carbons (Fsp3) is 0.571. The second-order valence-corrected chi connectivity index (χ2v) is 4.77. The lowest BCUT2D eigenvalue weighted by Crippen LogP contribution is -2.38. The summed E-state index contributed by atoms with van der Waals surface area (Å²) >= 11 is 0. The van der Waals surface area contributed by atoms with E-state index in [2.05, 4.69) is 9.88 Å². The van der Waals surface area contributed by atoms with Crippen molar-refractivity contribution < 1.29 is 14.3 Å². The van der Waals surface area contributed by atoms with E-state index in [9.17, 15) is 4.79 Å². The van der Waals surface area contributed by atoms with Gasteiger partial charge < -0.3 is 9.47 Å². The molecule has 0 aromatic carbocycles. The number of hydrogen-bond donors (Lipinski definition) is 0. The molecular weight excluding hydrogens is 244 g/mol. The number of esters is 1. The summed E-state index contributed by atoms with van der Waals surface area (Å²) in [4.78, 5) is 18.0. The van der Waals surface area contributed by atoms with E-state index in [-0.39, 0.29) is 11.9 Å². The summed E-state index contributed by atoms with van der Waals surface area (Å²) in [7, 11) is 3.07. The lowest BCUT2D eigenvalue weighted by Gasteiger charge is -2.31. The van der Waals surface area contributed by atoms with E-state index in [4.69, 9.17) is 9.47 Å². The summed E-state index contributed by atoms with van der Waals surface area (Å²) < 4.78 is 10.1. The minimum atomic E-state index is -0.108. The van der Waals surface area contributed by atoms with Gasteiger partial charge in [0.15, 0.2) is 0 Å². The number of aromatic nitrogens is 1. The van der Waals surface area contributed by atoms with Crippen molar-refractivity contribution in [2.24, 2.45) is 5.92 Å². The molecule has 5 heteroatoms. The van der Waals surface area contributed by atoms with E-state index in [0.29, 0.717) is 5.88 Å². The molecule has 104 valence electrons.